The number of hydrogen-bond donors (Lipinski definition) is 3. The van der Waals surface area contributed by atoms with Gasteiger partial charge < -0.3 is 21.0 Å². The predicted octanol–water partition coefficient (Wildman–Crippen LogP) is 2.16. The Hall–Kier alpha value is -2.24. The molecule has 0 unspecified atom stereocenters. The van der Waals surface area contributed by atoms with Gasteiger partial charge in [-0.1, -0.05) is 32.0 Å². The highest BCUT2D eigenvalue weighted by Crippen LogP contribution is 2.29. The second-order valence-corrected chi connectivity index (χ2v) is 5.65. The molecule has 110 valence electrons. The summed E-state index contributed by atoms with van der Waals surface area (Å²) in [7, 11) is 1.49. The number of benzene rings is 1. The summed E-state index contributed by atoms with van der Waals surface area (Å²) in [5.41, 5.74) is 6.29. The van der Waals surface area contributed by atoms with Crippen LogP contribution in [0.3, 0.4) is 0 Å². The number of methoxy groups -OCH3 is 1. The lowest BCUT2D eigenvalue weighted by molar-refractivity contribution is -0.117. The van der Waals surface area contributed by atoms with E-state index in [1.54, 1.807) is 18.2 Å². The fourth-order valence-corrected chi connectivity index (χ4v) is 1.76. The van der Waals surface area contributed by atoms with Crippen LogP contribution < -0.4 is 15.8 Å². The van der Waals surface area contributed by atoms with Gasteiger partial charge in [-0.15, -0.1) is 0 Å². The van der Waals surface area contributed by atoms with Gasteiger partial charge in [0.15, 0.2) is 5.84 Å². The Balaban J connectivity index is 3.12. The molecule has 0 aliphatic heterocycles. The summed E-state index contributed by atoms with van der Waals surface area (Å²) in [6, 6.07) is 5.04. The van der Waals surface area contributed by atoms with E-state index in [1.807, 2.05) is 20.8 Å². The minimum atomic E-state index is -0.158. The first kappa shape index (κ1) is 15.8. The molecule has 6 nitrogen and oxygen atoms in total. The molecule has 20 heavy (non-hydrogen) atoms. The van der Waals surface area contributed by atoms with E-state index in [-0.39, 0.29) is 17.2 Å². The number of carbonyl (C=O) groups excluding carboxylic acids is 1. The Kier molecular flexibility index (Phi) is 4.96. The smallest absolute Gasteiger partial charge is 0.225 e. The predicted molar refractivity (Wildman–Crippen MR) is 78.2 cm³/mol. The van der Waals surface area contributed by atoms with Gasteiger partial charge in [0, 0.05) is 12.0 Å². The van der Waals surface area contributed by atoms with Gasteiger partial charge in [0.2, 0.25) is 5.91 Å². The average molecular weight is 279 g/mol. The van der Waals surface area contributed by atoms with Crippen molar-refractivity contribution in [2.45, 2.75) is 27.2 Å². The van der Waals surface area contributed by atoms with Gasteiger partial charge in [-0.25, -0.2) is 0 Å². The number of nitrogens with two attached hydrogens (primary N) is 1. The van der Waals surface area contributed by atoms with E-state index < -0.39 is 0 Å². The van der Waals surface area contributed by atoms with E-state index in [0.717, 1.165) is 0 Å². The second kappa shape index (κ2) is 6.27. The highest BCUT2D eigenvalue weighted by Gasteiger charge is 2.19. The van der Waals surface area contributed by atoms with Crippen molar-refractivity contribution in [3.05, 3.63) is 23.8 Å². The number of amides is 1. The van der Waals surface area contributed by atoms with Crippen LogP contribution in [0.4, 0.5) is 5.69 Å². The third-order valence-electron chi connectivity index (χ3n) is 2.59. The summed E-state index contributed by atoms with van der Waals surface area (Å²) in [5, 5.41) is 14.5. The highest BCUT2D eigenvalue weighted by atomic mass is 16.5. The van der Waals surface area contributed by atoms with Crippen LogP contribution in [0, 0.1) is 5.41 Å². The van der Waals surface area contributed by atoms with Crippen molar-refractivity contribution < 1.29 is 14.7 Å². The number of oxime groups is 1. The molecule has 0 atom stereocenters. The van der Waals surface area contributed by atoms with Crippen LogP contribution in [0.1, 0.15) is 32.8 Å². The molecule has 0 aliphatic carbocycles. The number of carbonyl (C=O) groups is 1. The van der Waals surface area contributed by atoms with Gasteiger partial charge in [-0.3, -0.25) is 4.79 Å². The monoisotopic (exact) mass is 279 g/mol. The largest absolute Gasteiger partial charge is 0.495 e. The van der Waals surface area contributed by atoms with Crippen LogP contribution in [0.2, 0.25) is 0 Å². The number of rotatable bonds is 4. The molecule has 4 N–H and O–H groups in total. The molecule has 6 heteroatoms. The molecule has 1 rings (SSSR count). The topological polar surface area (TPSA) is 96.9 Å². The zero-order valence-electron chi connectivity index (χ0n) is 12.2. The van der Waals surface area contributed by atoms with Crippen LogP contribution in [0.25, 0.3) is 0 Å². The van der Waals surface area contributed by atoms with E-state index in [4.69, 9.17) is 15.7 Å². The lowest BCUT2D eigenvalue weighted by Gasteiger charge is -2.19. The number of hydrogen-bond acceptors (Lipinski definition) is 4. The summed E-state index contributed by atoms with van der Waals surface area (Å²) in [5.74, 6) is 0.209. The summed E-state index contributed by atoms with van der Waals surface area (Å²) < 4.78 is 5.20. The maximum Gasteiger partial charge on any atom is 0.225 e. The molecule has 1 aromatic rings. The van der Waals surface area contributed by atoms with Gasteiger partial charge in [0.1, 0.15) is 5.75 Å². The average Bonchev–Trinajstić information content (AvgIpc) is 2.35. The molecular weight excluding hydrogens is 258 g/mol. The number of amidine groups is 1. The molecule has 0 aliphatic rings. The van der Waals surface area contributed by atoms with Crippen LogP contribution in [-0.4, -0.2) is 24.1 Å². The molecule has 0 saturated heterocycles. The summed E-state index contributed by atoms with van der Waals surface area (Å²) in [4.78, 5) is 12.0. The van der Waals surface area contributed by atoms with Gasteiger partial charge in [0.05, 0.1) is 12.8 Å². The molecular formula is C14H21N3O3. The van der Waals surface area contributed by atoms with Gasteiger partial charge in [-0.2, -0.15) is 0 Å². The second-order valence-electron chi connectivity index (χ2n) is 5.65. The number of ether oxygens (including phenoxy) is 1. The van der Waals surface area contributed by atoms with Crippen LogP contribution in [0.5, 0.6) is 5.75 Å². The Bertz CT molecular complexity index is 519. The van der Waals surface area contributed by atoms with Crippen LogP contribution >= 0.6 is 0 Å². The number of nitrogens with zero attached hydrogens (tertiary/aromatic N) is 1. The molecule has 0 radical (unpaired) electrons. The van der Waals surface area contributed by atoms with Gasteiger partial charge >= 0.3 is 0 Å². The zero-order valence-corrected chi connectivity index (χ0v) is 12.2. The normalized spacial score (nSPS) is 12.1. The summed E-state index contributed by atoms with van der Waals surface area (Å²) >= 11 is 0. The van der Waals surface area contributed by atoms with E-state index in [0.29, 0.717) is 23.4 Å². The first-order valence-corrected chi connectivity index (χ1v) is 6.23. The SMILES string of the molecule is COc1cccc(/C(N)=N/O)c1NC(=O)CC(C)(C)C. The number of nitrogens with one attached hydrogen (secondary N) is 1. The van der Waals surface area contributed by atoms with E-state index in [2.05, 4.69) is 10.5 Å². The van der Waals surface area contributed by atoms with Crippen molar-refractivity contribution in [3.63, 3.8) is 0 Å². The van der Waals surface area contributed by atoms with Crippen molar-refractivity contribution in [2.75, 3.05) is 12.4 Å². The van der Waals surface area contributed by atoms with Crippen LogP contribution in [-0.2, 0) is 4.79 Å². The van der Waals surface area contributed by atoms with E-state index in [1.165, 1.54) is 7.11 Å². The van der Waals surface area contributed by atoms with Crippen molar-refractivity contribution in [1.29, 1.82) is 0 Å². The lowest BCUT2D eigenvalue weighted by atomic mass is 9.92. The minimum absolute atomic E-state index is 0.0880. The molecule has 0 aromatic heterocycles. The molecule has 0 fully saturated rings. The Morgan fingerprint density at radius 3 is 2.60 bits per heavy atom. The quantitative estimate of drug-likeness (QED) is 0.340. The first-order valence-electron chi connectivity index (χ1n) is 6.23. The van der Waals surface area contributed by atoms with Crippen molar-refractivity contribution in [2.24, 2.45) is 16.3 Å². The van der Waals surface area contributed by atoms with E-state index in [9.17, 15) is 4.79 Å². The fraction of sp³-hybridized carbons (Fsp3) is 0.429. The molecule has 0 saturated carbocycles. The Morgan fingerprint density at radius 1 is 1.45 bits per heavy atom. The Labute approximate surface area is 118 Å². The van der Waals surface area contributed by atoms with Crippen molar-refractivity contribution in [1.82, 2.24) is 0 Å². The number of anilines is 1. The first-order chi connectivity index (χ1) is 9.28. The molecule has 0 heterocycles. The molecule has 0 bridgehead atoms. The van der Waals surface area contributed by atoms with Crippen molar-refractivity contribution >= 4 is 17.4 Å². The van der Waals surface area contributed by atoms with Crippen LogP contribution in [0.15, 0.2) is 23.4 Å². The third-order valence-corrected chi connectivity index (χ3v) is 2.59. The Morgan fingerprint density at radius 2 is 2.10 bits per heavy atom. The minimum Gasteiger partial charge on any atom is -0.495 e. The molecule has 1 aromatic carbocycles. The number of para-hydroxylation sites is 1. The maximum atomic E-state index is 12.0. The standard InChI is InChI=1S/C14H21N3O3/c1-14(2,3)8-11(18)16-12-9(13(15)17-19)6-5-7-10(12)20-4/h5-7,19H,8H2,1-4H3,(H2,15,17)(H,16,18). The van der Waals surface area contributed by atoms with Crippen molar-refractivity contribution in [3.8, 4) is 5.75 Å². The highest BCUT2D eigenvalue weighted by molar-refractivity contribution is 6.07. The zero-order chi connectivity index (χ0) is 15.3. The summed E-state index contributed by atoms with van der Waals surface area (Å²) in [6.07, 6.45) is 0.348. The molecule has 0 spiro atoms. The summed E-state index contributed by atoms with van der Waals surface area (Å²) in [6.45, 7) is 5.91. The fourth-order valence-electron chi connectivity index (χ4n) is 1.76. The lowest BCUT2D eigenvalue weighted by Crippen LogP contribution is -2.23. The third kappa shape index (κ3) is 4.15. The molecule has 1 amide bonds. The van der Waals surface area contributed by atoms with E-state index >= 15 is 0 Å². The van der Waals surface area contributed by atoms with Gasteiger partial charge in [0.25, 0.3) is 0 Å². The maximum absolute atomic E-state index is 12.0. The van der Waals surface area contributed by atoms with Gasteiger partial charge in [-0.05, 0) is 17.5 Å².